The molecular formula is C11H19N3. The highest BCUT2D eigenvalue weighted by Gasteiger charge is 2.30. The van der Waals surface area contributed by atoms with Crippen molar-refractivity contribution in [3.8, 4) is 0 Å². The molecule has 1 aromatic heterocycles. The fraction of sp³-hybridized carbons (Fsp3) is 0.727. The van der Waals surface area contributed by atoms with Crippen molar-refractivity contribution in [3.05, 3.63) is 18.0 Å². The minimum atomic E-state index is 0.218. The quantitative estimate of drug-likeness (QED) is 0.794. The number of rotatable bonds is 4. The van der Waals surface area contributed by atoms with Gasteiger partial charge >= 0.3 is 0 Å². The summed E-state index contributed by atoms with van der Waals surface area (Å²) in [5.74, 6) is 1.35. The predicted molar refractivity (Wildman–Crippen MR) is 56.7 cm³/mol. The predicted octanol–water partition coefficient (Wildman–Crippen LogP) is 1.95. The first-order chi connectivity index (χ1) is 6.66. The lowest BCUT2D eigenvalue weighted by molar-refractivity contribution is 0.482. The highest BCUT2D eigenvalue weighted by Crippen LogP contribution is 2.39. The summed E-state index contributed by atoms with van der Waals surface area (Å²) >= 11 is 0. The molecule has 0 bridgehead atoms. The van der Waals surface area contributed by atoms with Crippen molar-refractivity contribution >= 4 is 0 Å². The van der Waals surface area contributed by atoms with Crippen LogP contribution in [0.15, 0.2) is 12.4 Å². The van der Waals surface area contributed by atoms with E-state index in [4.69, 9.17) is 5.73 Å². The van der Waals surface area contributed by atoms with Crippen molar-refractivity contribution in [3.63, 3.8) is 0 Å². The van der Waals surface area contributed by atoms with E-state index < -0.39 is 0 Å². The van der Waals surface area contributed by atoms with Crippen LogP contribution >= 0.6 is 0 Å². The lowest BCUT2D eigenvalue weighted by atomic mass is 10.1. The molecule has 14 heavy (non-hydrogen) atoms. The zero-order chi connectivity index (χ0) is 10.1. The Hall–Kier alpha value is -0.830. The van der Waals surface area contributed by atoms with Crippen LogP contribution in [0.3, 0.4) is 0 Å². The Morgan fingerprint density at radius 1 is 1.57 bits per heavy atom. The lowest BCUT2D eigenvalue weighted by Crippen LogP contribution is -2.11. The monoisotopic (exact) mass is 193 g/mol. The van der Waals surface area contributed by atoms with Gasteiger partial charge in [-0.05, 0) is 24.7 Å². The molecule has 0 unspecified atom stereocenters. The molecular weight excluding hydrogens is 174 g/mol. The van der Waals surface area contributed by atoms with Crippen LogP contribution in [0.1, 0.15) is 38.3 Å². The van der Waals surface area contributed by atoms with Crippen molar-refractivity contribution in [1.29, 1.82) is 0 Å². The first-order valence-corrected chi connectivity index (χ1v) is 5.44. The van der Waals surface area contributed by atoms with Crippen LogP contribution in [0.25, 0.3) is 0 Å². The Bertz CT molecular complexity index is 299. The van der Waals surface area contributed by atoms with Crippen LogP contribution in [-0.4, -0.2) is 9.78 Å². The molecule has 1 atom stereocenters. The minimum Gasteiger partial charge on any atom is -0.324 e. The van der Waals surface area contributed by atoms with E-state index in [9.17, 15) is 0 Å². The number of hydrogen-bond donors (Lipinski definition) is 1. The third-order valence-electron chi connectivity index (χ3n) is 2.72. The van der Waals surface area contributed by atoms with E-state index in [2.05, 4.69) is 25.1 Å². The summed E-state index contributed by atoms with van der Waals surface area (Å²) in [6.45, 7) is 5.38. The van der Waals surface area contributed by atoms with E-state index in [0.29, 0.717) is 11.8 Å². The average molecular weight is 193 g/mol. The van der Waals surface area contributed by atoms with Gasteiger partial charge in [-0.15, -0.1) is 0 Å². The SMILES string of the molecule is CC(C)Cn1cc([C@H](N)C2CC2)cn1. The van der Waals surface area contributed by atoms with Crippen molar-refractivity contribution in [2.24, 2.45) is 17.6 Å². The highest BCUT2D eigenvalue weighted by molar-refractivity contribution is 5.13. The molecule has 0 amide bonds. The molecule has 3 nitrogen and oxygen atoms in total. The largest absolute Gasteiger partial charge is 0.324 e. The van der Waals surface area contributed by atoms with Gasteiger partial charge in [0.1, 0.15) is 0 Å². The zero-order valence-corrected chi connectivity index (χ0v) is 8.98. The van der Waals surface area contributed by atoms with Gasteiger partial charge in [-0.1, -0.05) is 13.8 Å². The fourth-order valence-corrected chi connectivity index (χ4v) is 1.75. The first-order valence-electron chi connectivity index (χ1n) is 5.44. The molecule has 78 valence electrons. The second kappa shape index (κ2) is 3.73. The molecule has 1 heterocycles. The second-order valence-electron chi connectivity index (χ2n) is 4.75. The van der Waals surface area contributed by atoms with Crippen LogP contribution in [0, 0.1) is 11.8 Å². The van der Waals surface area contributed by atoms with Crippen LogP contribution in [0.5, 0.6) is 0 Å². The van der Waals surface area contributed by atoms with Gasteiger partial charge in [0.05, 0.1) is 6.20 Å². The summed E-state index contributed by atoms with van der Waals surface area (Å²) in [7, 11) is 0. The van der Waals surface area contributed by atoms with Crippen molar-refractivity contribution in [1.82, 2.24) is 9.78 Å². The van der Waals surface area contributed by atoms with Gasteiger partial charge in [0, 0.05) is 24.3 Å². The highest BCUT2D eigenvalue weighted by atomic mass is 15.3. The molecule has 1 aliphatic carbocycles. The lowest BCUT2D eigenvalue weighted by Gasteiger charge is -2.06. The molecule has 0 aliphatic heterocycles. The molecule has 3 heteroatoms. The zero-order valence-electron chi connectivity index (χ0n) is 8.98. The summed E-state index contributed by atoms with van der Waals surface area (Å²) in [6, 6.07) is 0.218. The number of nitrogens with zero attached hydrogens (tertiary/aromatic N) is 2. The molecule has 0 spiro atoms. The van der Waals surface area contributed by atoms with Gasteiger partial charge in [0.2, 0.25) is 0 Å². The van der Waals surface area contributed by atoms with E-state index in [-0.39, 0.29) is 6.04 Å². The number of hydrogen-bond acceptors (Lipinski definition) is 2. The summed E-state index contributed by atoms with van der Waals surface area (Å²) in [4.78, 5) is 0. The van der Waals surface area contributed by atoms with Gasteiger partial charge in [-0.25, -0.2) is 0 Å². The van der Waals surface area contributed by atoms with Crippen LogP contribution in [0.4, 0.5) is 0 Å². The van der Waals surface area contributed by atoms with Gasteiger partial charge in [0.25, 0.3) is 0 Å². The summed E-state index contributed by atoms with van der Waals surface area (Å²) in [5.41, 5.74) is 7.29. The molecule has 1 aliphatic rings. The first kappa shape index (κ1) is 9.71. The number of nitrogens with two attached hydrogens (primary N) is 1. The van der Waals surface area contributed by atoms with E-state index in [1.807, 2.05) is 10.9 Å². The van der Waals surface area contributed by atoms with Gasteiger partial charge in [0.15, 0.2) is 0 Å². The smallest absolute Gasteiger partial charge is 0.0537 e. The van der Waals surface area contributed by atoms with E-state index in [1.54, 1.807) is 0 Å². The Morgan fingerprint density at radius 2 is 2.29 bits per heavy atom. The second-order valence-corrected chi connectivity index (χ2v) is 4.75. The molecule has 0 aromatic carbocycles. The Morgan fingerprint density at radius 3 is 2.86 bits per heavy atom. The Labute approximate surface area is 85.3 Å². The topological polar surface area (TPSA) is 43.8 Å². The summed E-state index contributed by atoms with van der Waals surface area (Å²) in [5, 5.41) is 4.32. The third-order valence-corrected chi connectivity index (χ3v) is 2.72. The summed E-state index contributed by atoms with van der Waals surface area (Å²) < 4.78 is 2.00. The molecule has 1 saturated carbocycles. The van der Waals surface area contributed by atoms with Gasteiger partial charge < -0.3 is 5.73 Å². The van der Waals surface area contributed by atoms with Crippen molar-refractivity contribution < 1.29 is 0 Å². The molecule has 1 aromatic rings. The molecule has 0 radical (unpaired) electrons. The van der Waals surface area contributed by atoms with Crippen molar-refractivity contribution in [2.45, 2.75) is 39.3 Å². The van der Waals surface area contributed by atoms with Crippen molar-refractivity contribution in [2.75, 3.05) is 0 Å². The standard InChI is InChI=1S/C11H19N3/c1-8(2)6-14-7-10(5-13-14)11(12)9-3-4-9/h5,7-9,11H,3-4,6,12H2,1-2H3/t11-/m1/s1. The molecule has 0 saturated heterocycles. The van der Waals surface area contributed by atoms with Gasteiger partial charge in [-0.2, -0.15) is 5.10 Å². The maximum atomic E-state index is 6.09. The van der Waals surface area contributed by atoms with Crippen LogP contribution < -0.4 is 5.73 Å². The van der Waals surface area contributed by atoms with Crippen LogP contribution in [0.2, 0.25) is 0 Å². The third kappa shape index (κ3) is 2.15. The molecule has 1 fully saturated rings. The maximum Gasteiger partial charge on any atom is 0.0537 e. The fourth-order valence-electron chi connectivity index (χ4n) is 1.75. The minimum absolute atomic E-state index is 0.218. The van der Waals surface area contributed by atoms with E-state index in [0.717, 1.165) is 6.54 Å². The molecule has 2 N–H and O–H groups in total. The maximum absolute atomic E-state index is 6.09. The van der Waals surface area contributed by atoms with E-state index in [1.165, 1.54) is 18.4 Å². The summed E-state index contributed by atoms with van der Waals surface area (Å²) in [6.07, 6.45) is 6.60. The normalized spacial score (nSPS) is 18.9. The van der Waals surface area contributed by atoms with Gasteiger partial charge in [-0.3, -0.25) is 4.68 Å². The Balaban J connectivity index is 2.01. The van der Waals surface area contributed by atoms with Crippen LogP contribution in [-0.2, 0) is 6.54 Å². The number of aromatic nitrogens is 2. The van der Waals surface area contributed by atoms with E-state index >= 15 is 0 Å². The molecule has 2 rings (SSSR count). The Kier molecular flexibility index (Phi) is 2.59. The average Bonchev–Trinajstić information content (AvgIpc) is 2.86.